The molecule has 0 spiro atoms. The van der Waals surface area contributed by atoms with Crippen molar-refractivity contribution < 1.29 is 4.79 Å². The number of Topliss-reactive ketones (excluding diaryl/α,β-unsaturated/α-hetero) is 1. The molecular weight excluding hydrogens is 246 g/mol. The Morgan fingerprint density at radius 3 is 2.20 bits per heavy atom. The molecule has 0 saturated heterocycles. The molecule has 2 aromatic rings. The predicted molar refractivity (Wildman–Crippen MR) is 83.7 cm³/mol. The molecule has 0 heterocycles. The molecule has 0 aliphatic rings. The van der Waals surface area contributed by atoms with Crippen LogP contribution in [0.2, 0.25) is 0 Å². The third-order valence-electron chi connectivity index (χ3n) is 3.31. The molecule has 0 atom stereocenters. The first-order chi connectivity index (χ1) is 9.75. The van der Waals surface area contributed by atoms with E-state index in [9.17, 15) is 4.79 Å². The highest BCUT2D eigenvalue weighted by atomic mass is 16.1. The van der Waals surface area contributed by atoms with Gasteiger partial charge < -0.3 is 5.32 Å². The van der Waals surface area contributed by atoms with Crippen LogP contribution in [0.25, 0.3) is 11.1 Å². The summed E-state index contributed by atoms with van der Waals surface area (Å²) in [6.07, 6.45) is 1.61. The van der Waals surface area contributed by atoms with Crippen LogP contribution in [0, 0.1) is 0 Å². The number of nitrogens with one attached hydrogen (secondary N) is 1. The zero-order valence-electron chi connectivity index (χ0n) is 11.9. The van der Waals surface area contributed by atoms with Crippen molar-refractivity contribution in [3.63, 3.8) is 0 Å². The molecule has 2 nitrogen and oxygen atoms in total. The summed E-state index contributed by atoms with van der Waals surface area (Å²) in [7, 11) is 0. The standard InChI is InChI=1S/C18H21NO/c1-15(20)11-13-19-14-12-16-7-9-18(10-8-16)17-5-3-2-4-6-17/h2-10,19H,11-14H2,1H3. The molecule has 2 aromatic carbocycles. The van der Waals surface area contributed by atoms with Gasteiger partial charge >= 0.3 is 0 Å². The van der Waals surface area contributed by atoms with Crippen LogP contribution in [0.15, 0.2) is 54.6 Å². The van der Waals surface area contributed by atoms with Crippen LogP contribution >= 0.6 is 0 Å². The summed E-state index contributed by atoms with van der Waals surface area (Å²) in [5, 5.41) is 3.29. The van der Waals surface area contributed by atoms with Crippen LogP contribution in [0.3, 0.4) is 0 Å². The smallest absolute Gasteiger partial charge is 0.131 e. The maximum atomic E-state index is 10.8. The van der Waals surface area contributed by atoms with Crippen molar-refractivity contribution in [2.75, 3.05) is 13.1 Å². The summed E-state index contributed by atoms with van der Waals surface area (Å²) in [6, 6.07) is 19.1. The third kappa shape index (κ3) is 4.63. The normalized spacial score (nSPS) is 10.4. The van der Waals surface area contributed by atoms with Crippen molar-refractivity contribution in [1.29, 1.82) is 0 Å². The van der Waals surface area contributed by atoms with Gasteiger partial charge in [-0.15, -0.1) is 0 Å². The van der Waals surface area contributed by atoms with Gasteiger partial charge in [0, 0.05) is 13.0 Å². The van der Waals surface area contributed by atoms with E-state index >= 15 is 0 Å². The van der Waals surface area contributed by atoms with Crippen molar-refractivity contribution in [3.05, 3.63) is 60.2 Å². The Hall–Kier alpha value is -1.93. The van der Waals surface area contributed by atoms with Crippen LogP contribution in [0.5, 0.6) is 0 Å². The lowest BCUT2D eigenvalue weighted by molar-refractivity contribution is -0.116. The monoisotopic (exact) mass is 267 g/mol. The fraction of sp³-hybridized carbons (Fsp3) is 0.278. The largest absolute Gasteiger partial charge is 0.316 e. The molecule has 0 bridgehead atoms. The first-order valence-corrected chi connectivity index (χ1v) is 7.10. The number of hydrogen-bond acceptors (Lipinski definition) is 2. The van der Waals surface area contributed by atoms with Gasteiger partial charge in [0.1, 0.15) is 5.78 Å². The van der Waals surface area contributed by atoms with Crippen molar-refractivity contribution in [2.24, 2.45) is 0 Å². The Morgan fingerprint density at radius 1 is 0.900 bits per heavy atom. The van der Waals surface area contributed by atoms with Crippen molar-refractivity contribution in [1.82, 2.24) is 5.32 Å². The average molecular weight is 267 g/mol. The first kappa shape index (κ1) is 14.5. The highest BCUT2D eigenvalue weighted by Gasteiger charge is 1.98. The van der Waals surface area contributed by atoms with E-state index in [1.54, 1.807) is 6.92 Å². The van der Waals surface area contributed by atoms with Gasteiger partial charge in [0.05, 0.1) is 0 Å². The van der Waals surface area contributed by atoms with Gasteiger partial charge in [-0.2, -0.15) is 0 Å². The molecular formula is C18H21NO. The first-order valence-electron chi connectivity index (χ1n) is 7.10. The SMILES string of the molecule is CC(=O)CCNCCc1ccc(-c2ccccc2)cc1. The molecule has 20 heavy (non-hydrogen) atoms. The molecule has 0 amide bonds. The fourth-order valence-electron chi connectivity index (χ4n) is 2.12. The Labute approximate surface area is 120 Å². The number of carbonyl (C=O) groups excluding carboxylic acids is 1. The maximum Gasteiger partial charge on any atom is 0.131 e. The molecule has 0 unspecified atom stereocenters. The van der Waals surface area contributed by atoms with Gasteiger partial charge in [0.25, 0.3) is 0 Å². The predicted octanol–water partition coefficient (Wildman–Crippen LogP) is 3.46. The van der Waals surface area contributed by atoms with Gasteiger partial charge in [0.2, 0.25) is 0 Å². The van der Waals surface area contributed by atoms with Crippen molar-refractivity contribution in [3.8, 4) is 11.1 Å². The van der Waals surface area contributed by atoms with E-state index in [1.165, 1.54) is 16.7 Å². The number of rotatable bonds is 7. The van der Waals surface area contributed by atoms with Crippen molar-refractivity contribution in [2.45, 2.75) is 19.8 Å². The molecule has 104 valence electrons. The van der Waals surface area contributed by atoms with Gasteiger partial charge in [-0.25, -0.2) is 0 Å². The maximum absolute atomic E-state index is 10.8. The van der Waals surface area contributed by atoms with Crippen LogP contribution in [-0.2, 0) is 11.2 Å². The summed E-state index contributed by atoms with van der Waals surface area (Å²) in [6.45, 7) is 3.32. The van der Waals surface area contributed by atoms with E-state index < -0.39 is 0 Å². The van der Waals surface area contributed by atoms with Crippen LogP contribution in [0.1, 0.15) is 18.9 Å². The number of benzene rings is 2. The highest BCUT2D eigenvalue weighted by molar-refractivity contribution is 5.75. The van der Waals surface area contributed by atoms with E-state index in [1.807, 2.05) is 6.07 Å². The van der Waals surface area contributed by atoms with E-state index in [-0.39, 0.29) is 5.78 Å². The van der Waals surface area contributed by atoms with E-state index in [0.717, 1.165) is 19.5 Å². The average Bonchev–Trinajstić information content (AvgIpc) is 2.48. The zero-order chi connectivity index (χ0) is 14.2. The summed E-state index contributed by atoms with van der Waals surface area (Å²) >= 11 is 0. The molecule has 0 fully saturated rings. The van der Waals surface area contributed by atoms with Gasteiger partial charge in [-0.05, 0) is 36.6 Å². The second kappa shape index (κ2) is 7.61. The van der Waals surface area contributed by atoms with E-state index in [0.29, 0.717) is 6.42 Å². The molecule has 1 N–H and O–H groups in total. The minimum atomic E-state index is 0.240. The topological polar surface area (TPSA) is 29.1 Å². The second-order valence-electron chi connectivity index (χ2n) is 5.01. The minimum absolute atomic E-state index is 0.240. The summed E-state index contributed by atoms with van der Waals surface area (Å²) in [5.74, 6) is 0.240. The third-order valence-corrected chi connectivity index (χ3v) is 3.31. The van der Waals surface area contributed by atoms with Crippen molar-refractivity contribution >= 4 is 5.78 Å². The van der Waals surface area contributed by atoms with Crippen LogP contribution < -0.4 is 5.32 Å². The number of ketones is 1. The Balaban J connectivity index is 1.82. The Bertz CT molecular complexity index is 531. The highest BCUT2D eigenvalue weighted by Crippen LogP contribution is 2.19. The van der Waals surface area contributed by atoms with Gasteiger partial charge in [-0.3, -0.25) is 4.79 Å². The second-order valence-corrected chi connectivity index (χ2v) is 5.01. The lowest BCUT2D eigenvalue weighted by atomic mass is 10.0. The molecule has 0 aliphatic heterocycles. The number of carbonyl (C=O) groups is 1. The lowest BCUT2D eigenvalue weighted by Gasteiger charge is -2.06. The summed E-state index contributed by atoms with van der Waals surface area (Å²) in [4.78, 5) is 10.8. The molecule has 0 radical (unpaired) electrons. The van der Waals surface area contributed by atoms with Gasteiger partial charge in [-0.1, -0.05) is 54.6 Å². The van der Waals surface area contributed by atoms with Gasteiger partial charge in [0.15, 0.2) is 0 Å². The number of hydrogen-bond donors (Lipinski definition) is 1. The molecule has 0 aromatic heterocycles. The minimum Gasteiger partial charge on any atom is -0.316 e. The van der Waals surface area contributed by atoms with Crippen LogP contribution in [-0.4, -0.2) is 18.9 Å². The van der Waals surface area contributed by atoms with Crippen LogP contribution in [0.4, 0.5) is 0 Å². The molecule has 2 rings (SSSR count). The molecule has 2 heteroatoms. The quantitative estimate of drug-likeness (QED) is 0.778. The lowest BCUT2D eigenvalue weighted by Crippen LogP contribution is -2.20. The Morgan fingerprint density at radius 2 is 1.55 bits per heavy atom. The van der Waals surface area contributed by atoms with E-state index in [4.69, 9.17) is 0 Å². The summed E-state index contributed by atoms with van der Waals surface area (Å²) in [5.41, 5.74) is 3.82. The Kier molecular flexibility index (Phi) is 5.51. The van der Waals surface area contributed by atoms with E-state index in [2.05, 4.69) is 53.8 Å². The fourth-order valence-corrected chi connectivity index (χ4v) is 2.12. The zero-order valence-corrected chi connectivity index (χ0v) is 11.9. The molecule has 0 aliphatic carbocycles. The molecule has 0 saturated carbocycles. The summed E-state index contributed by atoms with van der Waals surface area (Å²) < 4.78 is 0.